The van der Waals surface area contributed by atoms with Crippen LogP contribution in [0.5, 0.6) is 5.75 Å². The van der Waals surface area contributed by atoms with Gasteiger partial charge in [-0.2, -0.15) is 13.2 Å². The summed E-state index contributed by atoms with van der Waals surface area (Å²) in [5.74, 6) is -1.53. The van der Waals surface area contributed by atoms with Crippen LogP contribution in [-0.4, -0.2) is 23.4 Å². The van der Waals surface area contributed by atoms with Crippen LogP contribution in [0.3, 0.4) is 0 Å². The maximum atomic E-state index is 12.6. The van der Waals surface area contributed by atoms with Crippen LogP contribution in [0.2, 0.25) is 0 Å². The minimum atomic E-state index is -4.71. The zero-order chi connectivity index (χ0) is 13.9. The lowest BCUT2D eigenvalue weighted by Gasteiger charge is -2.20. The molecule has 18 heavy (non-hydrogen) atoms. The molecule has 1 aromatic carbocycles. The number of aliphatic carboxylic acids is 1. The molecule has 1 aromatic rings. The number of ether oxygens (including phenoxy) is 1. The molecule has 0 spiro atoms. The number of alkyl halides is 3. The molecule has 1 atom stereocenters. The smallest absolute Gasteiger partial charge is 0.425 e. The third-order valence-corrected chi connectivity index (χ3v) is 2.20. The van der Waals surface area contributed by atoms with E-state index in [1.807, 2.05) is 0 Å². The molecule has 1 unspecified atom stereocenters. The zero-order valence-electron chi connectivity index (χ0n) is 9.91. The van der Waals surface area contributed by atoms with Gasteiger partial charge in [-0.25, -0.2) is 0 Å². The molecule has 1 N–H and O–H groups in total. The van der Waals surface area contributed by atoms with Crippen LogP contribution in [0.4, 0.5) is 13.2 Å². The highest BCUT2D eigenvalue weighted by Crippen LogP contribution is 2.28. The van der Waals surface area contributed by atoms with E-state index in [0.717, 1.165) is 11.1 Å². The quantitative estimate of drug-likeness (QED) is 0.907. The summed E-state index contributed by atoms with van der Waals surface area (Å²) in [7, 11) is 0. The van der Waals surface area contributed by atoms with E-state index in [1.165, 1.54) is 12.1 Å². The molecule has 0 fully saturated rings. The first-order chi connectivity index (χ1) is 8.18. The third-order valence-electron chi connectivity index (χ3n) is 2.20. The first kappa shape index (κ1) is 14.3. The van der Waals surface area contributed by atoms with Crippen molar-refractivity contribution in [2.75, 3.05) is 0 Å². The van der Waals surface area contributed by atoms with Crippen molar-refractivity contribution in [3.8, 4) is 5.75 Å². The summed E-state index contributed by atoms with van der Waals surface area (Å²) in [5, 5.41) is 8.45. The van der Waals surface area contributed by atoms with Crippen LogP contribution in [0.15, 0.2) is 18.2 Å². The molecular weight excluding hydrogens is 249 g/mol. The minimum Gasteiger partial charge on any atom is -0.481 e. The summed E-state index contributed by atoms with van der Waals surface area (Å²) in [4.78, 5) is 10.4. The summed E-state index contributed by atoms with van der Waals surface area (Å²) >= 11 is 0. The van der Waals surface area contributed by atoms with Gasteiger partial charge in [-0.05, 0) is 37.1 Å². The van der Waals surface area contributed by atoms with Crippen molar-refractivity contribution in [2.24, 2.45) is 0 Å². The molecule has 0 bridgehead atoms. The molecule has 0 aromatic heterocycles. The van der Waals surface area contributed by atoms with Gasteiger partial charge in [0.1, 0.15) is 5.75 Å². The second-order valence-electron chi connectivity index (χ2n) is 4.07. The molecule has 0 aliphatic heterocycles. The standard InChI is InChI=1S/C12H13F3O3/c1-7-3-8(2)5-9(4-7)18-10(6-11(16)17)12(13,14)15/h3-5,10H,6H2,1-2H3,(H,16,17). The fourth-order valence-corrected chi connectivity index (χ4v) is 1.55. The highest BCUT2D eigenvalue weighted by molar-refractivity contribution is 5.67. The maximum absolute atomic E-state index is 12.6. The molecule has 100 valence electrons. The van der Waals surface area contributed by atoms with Crippen LogP contribution in [0.25, 0.3) is 0 Å². The van der Waals surface area contributed by atoms with Gasteiger partial charge in [0.2, 0.25) is 6.10 Å². The Kier molecular flexibility index (Phi) is 4.21. The van der Waals surface area contributed by atoms with Crippen molar-refractivity contribution in [1.29, 1.82) is 0 Å². The first-order valence-electron chi connectivity index (χ1n) is 5.22. The van der Waals surface area contributed by atoms with E-state index >= 15 is 0 Å². The topological polar surface area (TPSA) is 46.5 Å². The van der Waals surface area contributed by atoms with Gasteiger partial charge in [0.25, 0.3) is 0 Å². The number of hydrogen-bond acceptors (Lipinski definition) is 2. The molecule has 6 heteroatoms. The van der Waals surface area contributed by atoms with E-state index in [0.29, 0.717) is 0 Å². The van der Waals surface area contributed by atoms with Gasteiger partial charge in [0.05, 0.1) is 6.42 Å². The molecule has 0 aliphatic rings. The lowest BCUT2D eigenvalue weighted by atomic mass is 10.1. The van der Waals surface area contributed by atoms with Crippen molar-refractivity contribution in [3.05, 3.63) is 29.3 Å². The highest BCUT2D eigenvalue weighted by atomic mass is 19.4. The summed E-state index contributed by atoms with van der Waals surface area (Å²) in [6.45, 7) is 3.44. The summed E-state index contributed by atoms with van der Waals surface area (Å²) < 4.78 is 42.5. The Hall–Kier alpha value is -1.72. The van der Waals surface area contributed by atoms with Gasteiger partial charge in [0.15, 0.2) is 0 Å². The zero-order valence-corrected chi connectivity index (χ0v) is 9.91. The molecule has 3 nitrogen and oxygen atoms in total. The van der Waals surface area contributed by atoms with Gasteiger partial charge >= 0.3 is 12.1 Å². The van der Waals surface area contributed by atoms with E-state index < -0.39 is 24.7 Å². The van der Waals surface area contributed by atoms with Gasteiger partial charge in [-0.15, -0.1) is 0 Å². The van der Waals surface area contributed by atoms with E-state index in [1.54, 1.807) is 19.9 Å². The Balaban J connectivity index is 2.92. The van der Waals surface area contributed by atoms with Crippen molar-refractivity contribution < 1.29 is 27.8 Å². The Morgan fingerprint density at radius 3 is 2.17 bits per heavy atom. The normalized spacial score (nSPS) is 13.2. The number of carbonyl (C=O) groups is 1. The molecular formula is C12H13F3O3. The van der Waals surface area contributed by atoms with Gasteiger partial charge in [-0.3, -0.25) is 4.79 Å². The molecule has 0 heterocycles. The Bertz CT molecular complexity index is 420. The van der Waals surface area contributed by atoms with Crippen LogP contribution in [-0.2, 0) is 4.79 Å². The number of carboxylic acid groups (broad SMARTS) is 1. The summed E-state index contributed by atoms with van der Waals surface area (Å²) in [5.41, 5.74) is 1.50. The fourth-order valence-electron chi connectivity index (χ4n) is 1.55. The minimum absolute atomic E-state index is 0.0241. The van der Waals surface area contributed by atoms with Gasteiger partial charge in [0, 0.05) is 0 Å². The second-order valence-corrected chi connectivity index (χ2v) is 4.07. The lowest BCUT2D eigenvalue weighted by Crippen LogP contribution is -2.36. The van der Waals surface area contributed by atoms with Crippen molar-refractivity contribution in [2.45, 2.75) is 32.5 Å². The summed E-state index contributed by atoms with van der Waals surface area (Å²) in [6, 6.07) is 4.66. The maximum Gasteiger partial charge on any atom is 0.425 e. The van der Waals surface area contributed by atoms with Crippen LogP contribution in [0.1, 0.15) is 17.5 Å². The summed E-state index contributed by atoms with van der Waals surface area (Å²) in [6.07, 6.45) is -8.16. The van der Waals surface area contributed by atoms with Crippen LogP contribution >= 0.6 is 0 Å². The number of carboxylic acids is 1. The van der Waals surface area contributed by atoms with E-state index in [4.69, 9.17) is 9.84 Å². The number of benzene rings is 1. The second kappa shape index (κ2) is 5.29. The van der Waals surface area contributed by atoms with E-state index in [-0.39, 0.29) is 5.75 Å². The predicted octanol–water partition coefficient (Wildman–Crippen LogP) is 3.09. The van der Waals surface area contributed by atoms with Crippen molar-refractivity contribution >= 4 is 5.97 Å². The SMILES string of the molecule is Cc1cc(C)cc(OC(CC(=O)O)C(F)(F)F)c1. The monoisotopic (exact) mass is 262 g/mol. The Morgan fingerprint density at radius 1 is 1.28 bits per heavy atom. The molecule has 1 rings (SSSR count). The predicted molar refractivity (Wildman–Crippen MR) is 58.6 cm³/mol. The number of aryl methyl sites for hydroxylation is 2. The third kappa shape index (κ3) is 4.27. The van der Waals surface area contributed by atoms with E-state index in [9.17, 15) is 18.0 Å². The molecule has 0 aliphatic carbocycles. The van der Waals surface area contributed by atoms with Gasteiger partial charge < -0.3 is 9.84 Å². The fraction of sp³-hybridized carbons (Fsp3) is 0.417. The first-order valence-corrected chi connectivity index (χ1v) is 5.22. The molecule has 0 amide bonds. The van der Waals surface area contributed by atoms with Crippen LogP contribution in [0, 0.1) is 13.8 Å². The largest absolute Gasteiger partial charge is 0.481 e. The van der Waals surface area contributed by atoms with E-state index in [2.05, 4.69) is 0 Å². The van der Waals surface area contributed by atoms with Crippen molar-refractivity contribution in [1.82, 2.24) is 0 Å². The molecule has 0 saturated heterocycles. The number of halogens is 3. The highest BCUT2D eigenvalue weighted by Gasteiger charge is 2.43. The average Bonchev–Trinajstić information content (AvgIpc) is 2.12. The van der Waals surface area contributed by atoms with Gasteiger partial charge in [-0.1, -0.05) is 6.07 Å². The molecule has 0 radical (unpaired) electrons. The Morgan fingerprint density at radius 2 is 1.78 bits per heavy atom. The average molecular weight is 262 g/mol. The Labute approximate surface area is 102 Å². The number of rotatable bonds is 4. The lowest BCUT2D eigenvalue weighted by molar-refractivity contribution is -0.200. The van der Waals surface area contributed by atoms with Crippen molar-refractivity contribution in [3.63, 3.8) is 0 Å². The number of hydrogen-bond donors (Lipinski definition) is 1. The molecule has 0 saturated carbocycles. The van der Waals surface area contributed by atoms with Crippen LogP contribution < -0.4 is 4.74 Å².